The zero-order valence-corrected chi connectivity index (χ0v) is 16.3. The highest BCUT2D eigenvalue weighted by molar-refractivity contribution is 6.31. The molecule has 2 aromatic carbocycles. The molecule has 0 radical (unpaired) electrons. The molecule has 0 amide bonds. The average molecular weight is 398 g/mol. The van der Waals surface area contributed by atoms with Crippen molar-refractivity contribution in [3.8, 4) is 0 Å². The summed E-state index contributed by atoms with van der Waals surface area (Å²) in [5.74, 6) is 0.641. The first-order valence-corrected chi connectivity index (χ1v) is 9.64. The number of aromatic nitrogens is 2. The fraction of sp³-hybridized carbons (Fsp3) is 0.238. The van der Waals surface area contributed by atoms with Crippen molar-refractivity contribution in [3.63, 3.8) is 0 Å². The van der Waals surface area contributed by atoms with Crippen LogP contribution in [0, 0.1) is 12.7 Å². The summed E-state index contributed by atoms with van der Waals surface area (Å²) in [5.41, 5.74) is 3.63. The number of anilines is 5. The van der Waals surface area contributed by atoms with Crippen molar-refractivity contribution in [2.75, 3.05) is 28.6 Å². The van der Waals surface area contributed by atoms with Crippen LogP contribution in [0.3, 0.4) is 0 Å². The Morgan fingerprint density at radius 1 is 0.929 bits per heavy atom. The Morgan fingerprint density at radius 2 is 1.64 bits per heavy atom. The summed E-state index contributed by atoms with van der Waals surface area (Å²) in [6.07, 6.45) is 2.51. The van der Waals surface area contributed by atoms with E-state index < -0.39 is 5.82 Å². The lowest BCUT2D eigenvalue weighted by atomic mass is 10.2. The van der Waals surface area contributed by atoms with Crippen LogP contribution in [0.1, 0.15) is 18.5 Å². The Balaban J connectivity index is 1.49. The molecule has 1 saturated heterocycles. The Labute approximate surface area is 168 Å². The summed E-state index contributed by atoms with van der Waals surface area (Å²) in [7, 11) is 0. The van der Waals surface area contributed by atoms with Gasteiger partial charge in [0, 0.05) is 41.9 Å². The molecule has 0 unspecified atom stereocenters. The normalized spacial score (nSPS) is 13.6. The van der Waals surface area contributed by atoms with Gasteiger partial charge >= 0.3 is 0 Å². The zero-order valence-electron chi connectivity index (χ0n) is 15.5. The highest BCUT2D eigenvalue weighted by atomic mass is 35.5. The number of nitrogens with one attached hydrogen (secondary N) is 2. The molecule has 4 rings (SSSR count). The van der Waals surface area contributed by atoms with Crippen LogP contribution in [-0.4, -0.2) is 23.1 Å². The third kappa shape index (κ3) is 4.34. The van der Waals surface area contributed by atoms with Crippen molar-refractivity contribution < 1.29 is 4.39 Å². The Kier molecular flexibility index (Phi) is 5.30. The van der Waals surface area contributed by atoms with E-state index in [1.54, 1.807) is 6.07 Å². The standard InChI is InChI=1S/C21H21ClFN5/c1-14-12-20(25-16-6-9-19(23)18(22)13-16)27-21(24-14)26-15-4-7-17(8-5-15)28-10-2-3-11-28/h4-9,12-13H,2-3,10-11H2,1H3,(H2,24,25,26,27). The van der Waals surface area contributed by atoms with Crippen molar-refractivity contribution in [1.82, 2.24) is 9.97 Å². The third-order valence-electron chi connectivity index (χ3n) is 4.64. The van der Waals surface area contributed by atoms with E-state index in [1.807, 2.05) is 25.1 Å². The highest BCUT2D eigenvalue weighted by Gasteiger charge is 2.12. The average Bonchev–Trinajstić information content (AvgIpc) is 3.20. The van der Waals surface area contributed by atoms with E-state index in [2.05, 4.69) is 37.6 Å². The van der Waals surface area contributed by atoms with Crippen molar-refractivity contribution >= 4 is 40.4 Å². The molecule has 0 atom stereocenters. The molecular formula is C21H21ClFN5. The van der Waals surface area contributed by atoms with Gasteiger partial charge in [0.25, 0.3) is 0 Å². The maximum atomic E-state index is 13.3. The summed E-state index contributed by atoms with van der Waals surface area (Å²) in [4.78, 5) is 11.3. The second-order valence-corrected chi connectivity index (χ2v) is 7.25. The lowest BCUT2D eigenvalue weighted by molar-refractivity contribution is 0.628. The van der Waals surface area contributed by atoms with Crippen molar-refractivity contribution in [2.24, 2.45) is 0 Å². The zero-order chi connectivity index (χ0) is 19.5. The molecule has 28 heavy (non-hydrogen) atoms. The van der Waals surface area contributed by atoms with Gasteiger partial charge in [-0.25, -0.2) is 9.37 Å². The summed E-state index contributed by atoms with van der Waals surface area (Å²) in [6.45, 7) is 4.14. The van der Waals surface area contributed by atoms with Crippen LogP contribution in [0.5, 0.6) is 0 Å². The van der Waals surface area contributed by atoms with Crippen LogP contribution in [0.2, 0.25) is 5.02 Å². The molecule has 0 spiro atoms. The summed E-state index contributed by atoms with van der Waals surface area (Å²) >= 11 is 5.85. The van der Waals surface area contributed by atoms with Crippen molar-refractivity contribution in [2.45, 2.75) is 19.8 Å². The summed E-state index contributed by atoms with van der Waals surface area (Å²) in [5, 5.41) is 6.44. The SMILES string of the molecule is Cc1cc(Nc2ccc(F)c(Cl)c2)nc(Nc2ccc(N3CCCC3)cc2)n1. The molecule has 1 aliphatic heterocycles. The fourth-order valence-corrected chi connectivity index (χ4v) is 3.45. The van der Waals surface area contributed by atoms with E-state index in [-0.39, 0.29) is 5.02 Å². The number of aryl methyl sites for hydroxylation is 1. The number of benzene rings is 2. The van der Waals surface area contributed by atoms with E-state index in [0.717, 1.165) is 24.5 Å². The number of halogens is 2. The smallest absolute Gasteiger partial charge is 0.229 e. The second kappa shape index (κ2) is 8.02. The van der Waals surface area contributed by atoms with E-state index in [9.17, 15) is 4.39 Å². The minimum Gasteiger partial charge on any atom is -0.372 e. The van der Waals surface area contributed by atoms with Gasteiger partial charge in [0.15, 0.2) is 0 Å². The predicted octanol–water partition coefficient (Wildman–Crippen LogP) is 5.66. The Hall–Kier alpha value is -2.86. The van der Waals surface area contributed by atoms with Crippen LogP contribution in [-0.2, 0) is 0 Å². The molecule has 2 heterocycles. The quantitative estimate of drug-likeness (QED) is 0.581. The van der Waals surface area contributed by atoms with Gasteiger partial charge in [-0.2, -0.15) is 4.98 Å². The minimum atomic E-state index is -0.453. The highest BCUT2D eigenvalue weighted by Crippen LogP contribution is 2.25. The molecule has 7 heteroatoms. The molecule has 0 saturated carbocycles. The Bertz CT molecular complexity index is 971. The van der Waals surface area contributed by atoms with Crippen molar-refractivity contribution in [3.05, 3.63) is 65.1 Å². The first kappa shape index (κ1) is 18.5. The van der Waals surface area contributed by atoms with Gasteiger partial charge < -0.3 is 15.5 Å². The van der Waals surface area contributed by atoms with Crippen LogP contribution >= 0.6 is 11.6 Å². The summed E-state index contributed by atoms with van der Waals surface area (Å²) < 4.78 is 13.3. The third-order valence-corrected chi connectivity index (χ3v) is 4.93. The first-order valence-electron chi connectivity index (χ1n) is 9.27. The molecule has 2 N–H and O–H groups in total. The van der Waals surface area contributed by atoms with Crippen LogP contribution in [0.25, 0.3) is 0 Å². The van der Waals surface area contributed by atoms with Gasteiger partial charge in [-0.05, 0) is 62.2 Å². The molecule has 1 aliphatic rings. The van der Waals surface area contributed by atoms with Gasteiger partial charge in [-0.15, -0.1) is 0 Å². The monoisotopic (exact) mass is 397 g/mol. The molecular weight excluding hydrogens is 377 g/mol. The lowest BCUT2D eigenvalue weighted by Crippen LogP contribution is -2.17. The lowest BCUT2D eigenvalue weighted by Gasteiger charge is -2.18. The molecule has 1 fully saturated rings. The van der Waals surface area contributed by atoms with E-state index in [0.29, 0.717) is 17.5 Å². The number of hydrogen-bond donors (Lipinski definition) is 2. The van der Waals surface area contributed by atoms with Crippen molar-refractivity contribution in [1.29, 1.82) is 0 Å². The molecule has 3 aromatic rings. The van der Waals surface area contributed by atoms with E-state index >= 15 is 0 Å². The Morgan fingerprint density at radius 3 is 2.36 bits per heavy atom. The maximum absolute atomic E-state index is 13.3. The summed E-state index contributed by atoms with van der Waals surface area (Å²) in [6, 6.07) is 14.6. The van der Waals surface area contributed by atoms with Gasteiger partial charge in [-0.1, -0.05) is 11.6 Å². The van der Waals surface area contributed by atoms with Crippen LogP contribution in [0.15, 0.2) is 48.5 Å². The van der Waals surface area contributed by atoms with E-state index in [4.69, 9.17) is 11.6 Å². The molecule has 0 bridgehead atoms. The van der Waals surface area contributed by atoms with Gasteiger partial charge in [0.1, 0.15) is 11.6 Å². The molecule has 5 nitrogen and oxygen atoms in total. The van der Waals surface area contributed by atoms with Gasteiger partial charge in [-0.3, -0.25) is 0 Å². The van der Waals surface area contributed by atoms with Gasteiger partial charge in [0.2, 0.25) is 5.95 Å². The van der Waals surface area contributed by atoms with Crippen LogP contribution < -0.4 is 15.5 Å². The first-order chi connectivity index (χ1) is 13.6. The second-order valence-electron chi connectivity index (χ2n) is 6.84. The molecule has 144 valence electrons. The molecule has 1 aromatic heterocycles. The fourth-order valence-electron chi connectivity index (χ4n) is 3.27. The maximum Gasteiger partial charge on any atom is 0.229 e. The minimum absolute atomic E-state index is 0.0622. The van der Waals surface area contributed by atoms with Gasteiger partial charge in [0.05, 0.1) is 5.02 Å². The van der Waals surface area contributed by atoms with E-state index in [1.165, 1.54) is 30.7 Å². The predicted molar refractivity (Wildman–Crippen MR) is 113 cm³/mol. The number of hydrogen-bond acceptors (Lipinski definition) is 5. The number of rotatable bonds is 5. The number of nitrogens with zero attached hydrogens (tertiary/aromatic N) is 3. The topological polar surface area (TPSA) is 53.1 Å². The molecule has 0 aliphatic carbocycles. The van der Waals surface area contributed by atoms with Crippen LogP contribution in [0.4, 0.5) is 33.2 Å². The largest absolute Gasteiger partial charge is 0.372 e.